The molecule has 1 aliphatic heterocycles. The number of aromatic nitrogens is 2. The first kappa shape index (κ1) is 16.3. The molecule has 2 heterocycles. The standard InChI is InChI=1S/C16H20N4O4/c1-24-15-6-11(5-14(16(15)21)20(22)23)9-19-4-2-3-12(10-19)13-7-17-18-8-13/h5-8,12,21H,2-4,9-10H2,1H3,(H,17,18). The summed E-state index contributed by atoms with van der Waals surface area (Å²) in [6.07, 6.45) is 5.94. The number of phenolic OH excluding ortho intramolecular Hbond substituents is 1. The molecule has 0 amide bonds. The molecule has 0 aliphatic carbocycles. The summed E-state index contributed by atoms with van der Waals surface area (Å²) in [5.41, 5.74) is 1.62. The number of nitrogens with one attached hydrogen (secondary N) is 1. The fourth-order valence-electron chi connectivity index (χ4n) is 3.25. The number of rotatable bonds is 5. The van der Waals surface area contributed by atoms with Gasteiger partial charge >= 0.3 is 5.69 Å². The van der Waals surface area contributed by atoms with Crippen molar-refractivity contribution < 1.29 is 14.8 Å². The quantitative estimate of drug-likeness (QED) is 0.643. The molecule has 1 aliphatic rings. The molecule has 1 aromatic heterocycles. The van der Waals surface area contributed by atoms with Gasteiger partial charge in [0, 0.05) is 25.4 Å². The second-order valence-electron chi connectivity index (χ2n) is 6.03. The number of benzene rings is 1. The van der Waals surface area contributed by atoms with Crippen LogP contribution in [0, 0.1) is 10.1 Å². The van der Waals surface area contributed by atoms with E-state index in [9.17, 15) is 15.2 Å². The number of nitro groups is 1. The van der Waals surface area contributed by atoms with Crippen LogP contribution in [0.3, 0.4) is 0 Å². The first-order valence-electron chi connectivity index (χ1n) is 7.83. The Bertz CT molecular complexity index is 717. The van der Waals surface area contributed by atoms with Crippen molar-refractivity contribution in [3.63, 3.8) is 0 Å². The highest BCUT2D eigenvalue weighted by Crippen LogP contribution is 2.37. The van der Waals surface area contributed by atoms with Gasteiger partial charge in [0.05, 0.1) is 18.2 Å². The lowest BCUT2D eigenvalue weighted by molar-refractivity contribution is -0.386. The first-order chi connectivity index (χ1) is 11.6. The Morgan fingerprint density at radius 3 is 3.04 bits per heavy atom. The number of H-pyrrole nitrogens is 1. The van der Waals surface area contributed by atoms with E-state index in [-0.39, 0.29) is 11.4 Å². The average molecular weight is 332 g/mol. The normalized spacial score (nSPS) is 18.5. The third-order valence-electron chi connectivity index (χ3n) is 4.43. The summed E-state index contributed by atoms with van der Waals surface area (Å²) in [6, 6.07) is 3.07. The Morgan fingerprint density at radius 2 is 2.38 bits per heavy atom. The topological polar surface area (TPSA) is 105 Å². The highest BCUT2D eigenvalue weighted by atomic mass is 16.6. The van der Waals surface area contributed by atoms with Crippen molar-refractivity contribution in [1.29, 1.82) is 0 Å². The molecule has 8 heteroatoms. The molecule has 2 aromatic rings. The van der Waals surface area contributed by atoms with Crippen molar-refractivity contribution in [3.8, 4) is 11.5 Å². The molecule has 0 spiro atoms. The van der Waals surface area contributed by atoms with Crippen molar-refractivity contribution in [2.24, 2.45) is 0 Å². The van der Waals surface area contributed by atoms with E-state index < -0.39 is 10.7 Å². The number of piperidine rings is 1. The van der Waals surface area contributed by atoms with E-state index in [0.717, 1.165) is 31.5 Å². The van der Waals surface area contributed by atoms with Gasteiger partial charge in [0.15, 0.2) is 5.75 Å². The minimum Gasteiger partial charge on any atom is -0.500 e. The number of aromatic amines is 1. The lowest BCUT2D eigenvalue weighted by Crippen LogP contribution is -2.33. The van der Waals surface area contributed by atoms with Crippen LogP contribution in [0.5, 0.6) is 11.5 Å². The molecule has 1 aromatic carbocycles. The summed E-state index contributed by atoms with van der Waals surface area (Å²) in [5, 5.41) is 27.8. The van der Waals surface area contributed by atoms with Crippen molar-refractivity contribution in [2.75, 3.05) is 20.2 Å². The van der Waals surface area contributed by atoms with Crippen LogP contribution in [0.1, 0.15) is 29.9 Å². The minimum absolute atomic E-state index is 0.127. The molecule has 1 fully saturated rings. The van der Waals surface area contributed by atoms with Gasteiger partial charge in [-0.1, -0.05) is 0 Å². The smallest absolute Gasteiger partial charge is 0.314 e. The Morgan fingerprint density at radius 1 is 1.54 bits per heavy atom. The van der Waals surface area contributed by atoms with E-state index in [1.807, 2.05) is 12.4 Å². The lowest BCUT2D eigenvalue weighted by atomic mass is 9.92. The van der Waals surface area contributed by atoms with E-state index in [1.54, 1.807) is 6.07 Å². The maximum Gasteiger partial charge on any atom is 0.314 e. The first-order valence-corrected chi connectivity index (χ1v) is 7.83. The third kappa shape index (κ3) is 3.33. The van der Waals surface area contributed by atoms with Crippen LogP contribution < -0.4 is 4.74 Å². The molecule has 0 radical (unpaired) electrons. The van der Waals surface area contributed by atoms with Crippen LogP contribution in [0.15, 0.2) is 24.5 Å². The van der Waals surface area contributed by atoms with Crippen LogP contribution >= 0.6 is 0 Å². The Labute approximate surface area is 139 Å². The molecule has 128 valence electrons. The molecule has 0 bridgehead atoms. The zero-order valence-electron chi connectivity index (χ0n) is 13.4. The van der Waals surface area contributed by atoms with Crippen molar-refractivity contribution >= 4 is 5.69 Å². The number of aromatic hydroxyl groups is 1. The highest BCUT2D eigenvalue weighted by Gasteiger charge is 2.24. The van der Waals surface area contributed by atoms with E-state index in [1.165, 1.54) is 18.7 Å². The minimum atomic E-state index is -0.591. The van der Waals surface area contributed by atoms with Crippen LogP contribution in [-0.2, 0) is 6.54 Å². The summed E-state index contributed by atoms with van der Waals surface area (Å²) in [5.74, 6) is 0.107. The molecule has 2 N–H and O–H groups in total. The fourth-order valence-corrected chi connectivity index (χ4v) is 3.25. The number of ether oxygens (including phenoxy) is 1. The van der Waals surface area contributed by atoms with Gasteiger partial charge in [0.1, 0.15) is 0 Å². The van der Waals surface area contributed by atoms with Gasteiger partial charge in [0.25, 0.3) is 0 Å². The van der Waals surface area contributed by atoms with Gasteiger partial charge in [-0.25, -0.2) is 0 Å². The molecule has 3 rings (SSSR count). The molecule has 24 heavy (non-hydrogen) atoms. The van der Waals surface area contributed by atoms with Crippen LogP contribution in [0.25, 0.3) is 0 Å². The zero-order valence-corrected chi connectivity index (χ0v) is 13.4. The second kappa shape index (κ2) is 6.88. The van der Waals surface area contributed by atoms with Crippen molar-refractivity contribution in [2.45, 2.75) is 25.3 Å². The molecule has 1 atom stereocenters. The Balaban J connectivity index is 1.78. The number of nitrogens with zero attached hydrogens (tertiary/aromatic N) is 3. The zero-order chi connectivity index (χ0) is 17.1. The summed E-state index contributed by atoms with van der Waals surface area (Å²) < 4.78 is 5.06. The van der Waals surface area contributed by atoms with Crippen molar-refractivity contribution in [1.82, 2.24) is 15.1 Å². The maximum absolute atomic E-state index is 11.1. The summed E-state index contributed by atoms with van der Waals surface area (Å²) in [4.78, 5) is 12.8. The predicted octanol–water partition coefficient (Wildman–Crippen LogP) is 2.41. The SMILES string of the molecule is COc1cc(CN2CCCC(c3cn[nH]c3)C2)cc([N+](=O)[O-])c1O. The summed E-state index contributed by atoms with van der Waals surface area (Å²) in [6.45, 7) is 2.38. The van der Waals surface area contributed by atoms with Crippen LogP contribution in [0.2, 0.25) is 0 Å². The number of hydrogen-bond acceptors (Lipinski definition) is 6. The Hall–Kier alpha value is -2.61. The molecule has 1 unspecified atom stereocenters. The number of hydrogen-bond donors (Lipinski definition) is 2. The van der Waals surface area contributed by atoms with E-state index in [0.29, 0.717) is 12.5 Å². The molecular weight excluding hydrogens is 312 g/mol. The molecule has 1 saturated heterocycles. The summed E-state index contributed by atoms with van der Waals surface area (Å²) in [7, 11) is 1.39. The summed E-state index contributed by atoms with van der Waals surface area (Å²) >= 11 is 0. The molecular formula is C16H20N4O4. The van der Waals surface area contributed by atoms with Gasteiger partial charge in [-0.2, -0.15) is 5.10 Å². The third-order valence-corrected chi connectivity index (χ3v) is 4.43. The van der Waals surface area contributed by atoms with E-state index in [4.69, 9.17) is 4.74 Å². The van der Waals surface area contributed by atoms with Crippen molar-refractivity contribution in [3.05, 3.63) is 45.8 Å². The van der Waals surface area contributed by atoms with Gasteiger partial charge in [-0.3, -0.25) is 20.1 Å². The average Bonchev–Trinajstić information content (AvgIpc) is 3.11. The second-order valence-corrected chi connectivity index (χ2v) is 6.03. The van der Waals surface area contributed by atoms with E-state index >= 15 is 0 Å². The lowest BCUT2D eigenvalue weighted by Gasteiger charge is -2.32. The molecule has 0 saturated carbocycles. The highest BCUT2D eigenvalue weighted by molar-refractivity contribution is 5.57. The maximum atomic E-state index is 11.1. The Kier molecular flexibility index (Phi) is 4.66. The van der Waals surface area contributed by atoms with Gasteiger partial charge in [0.2, 0.25) is 5.75 Å². The number of methoxy groups -OCH3 is 1. The van der Waals surface area contributed by atoms with Gasteiger partial charge in [-0.05, 0) is 42.5 Å². The number of likely N-dealkylation sites (tertiary alicyclic amines) is 1. The largest absolute Gasteiger partial charge is 0.500 e. The van der Waals surface area contributed by atoms with Crippen LogP contribution in [0.4, 0.5) is 5.69 Å². The van der Waals surface area contributed by atoms with Gasteiger partial charge < -0.3 is 9.84 Å². The molecule has 8 nitrogen and oxygen atoms in total. The number of nitro benzene ring substituents is 1. The van der Waals surface area contributed by atoms with Crippen LogP contribution in [-0.4, -0.2) is 45.3 Å². The number of phenols is 1. The van der Waals surface area contributed by atoms with E-state index in [2.05, 4.69) is 15.1 Å². The monoisotopic (exact) mass is 332 g/mol. The van der Waals surface area contributed by atoms with Gasteiger partial charge in [-0.15, -0.1) is 0 Å². The predicted molar refractivity (Wildman–Crippen MR) is 87.2 cm³/mol. The fraction of sp³-hybridized carbons (Fsp3) is 0.438.